The van der Waals surface area contributed by atoms with Crippen LogP contribution in [-0.4, -0.2) is 20.8 Å². The summed E-state index contributed by atoms with van der Waals surface area (Å²) in [6, 6.07) is 16.7. The lowest BCUT2D eigenvalue weighted by Gasteiger charge is -2.10. The minimum Gasteiger partial charge on any atom is -0.276 e. The van der Waals surface area contributed by atoms with Gasteiger partial charge in [0.25, 0.3) is 0 Å². The van der Waals surface area contributed by atoms with Crippen molar-refractivity contribution >= 4 is 29.2 Å². The van der Waals surface area contributed by atoms with Crippen LogP contribution in [0.4, 0.5) is 11.5 Å². The Bertz CT molecular complexity index is 981. The van der Waals surface area contributed by atoms with Crippen LogP contribution in [-0.2, 0) is 11.2 Å². The number of nitrogens with one attached hydrogen (secondary N) is 2. The lowest BCUT2D eigenvalue weighted by atomic mass is 10.1. The summed E-state index contributed by atoms with van der Waals surface area (Å²) < 4.78 is 0. The number of hydrogen-bond acceptors (Lipinski definition) is 7. The number of carbonyl (C=O) groups excluding carboxylic acids is 1. The summed E-state index contributed by atoms with van der Waals surface area (Å²) in [5.41, 5.74) is 6.61. The first kappa shape index (κ1) is 19.3. The second-order valence-corrected chi connectivity index (χ2v) is 6.95. The molecule has 1 aromatic heterocycles. The molecule has 1 amide bonds. The molecule has 0 bridgehead atoms. The van der Waals surface area contributed by atoms with Crippen LogP contribution in [0.3, 0.4) is 0 Å². The molecule has 3 aromatic rings. The van der Waals surface area contributed by atoms with Gasteiger partial charge in [0.1, 0.15) is 6.33 Å². The molecule has 0 aliphatic heterocycles. The maximum absolute atomic E-state index is 12.1. The second-order valence-electron chi connectivity index (χ2n) is 5.88. The van der Waals surface area contributed by atoms with E-state index in [2.05, 4.69) is 20.8 Å². The maximum Gasteiger partial charge on any atom is 0.345 e. The van der Waals surface area contributed by atoms with E-state index in [4.69, 9.17) is 0 Å². The molecule has 2 N–H and O–H groups in total. The molecule has 28 heavy (non-hydrogen) atoms. The molecule has 0 aliphatic carbocycles. The molecule has 9 heteroatoms. The summed E-state index contributed by atoms with van der Waals surface area (Å²) in [6.45, 7) is 1.96. The number of carbonyl (C=O) groups is 1. The Hall–Kier alpha value is -3.46. The van der Waals surface area contributed by atoms with Crippen molar-refractivity contribution in [2.75, 3.05) is 5.43 Å². The Kier molecular flexibility index (Phi) is 6.18. The lowest BCUT2D eigenvalue weighted by molar-refractivity contribution is -0.387. The average Bonchev–Trinajstić information content (AvgIpc) is 2.69. The molecule has 1 heterocycles. The highest BCUT2D eigenvalue weighted by molar-refractivity contribution is 7.99. The molecule has 0 unspecified atom stereocenters. The van der Waals surface area contributed by atoms with Crippen LogP contribution in [0.5, 0.6) is 0 Å². The van der Waals surface area contributed by atoms with Crippen molar-refractivity contribution in [1.29, 1.82) is 0 Å². The number of rotatable bonds is 7. The molecular weight excluding hydrogens is 378 g/mol. The summed E-state index contributed by atoms with van der Waals surface area (Å²) in [6.07, 6.45) is 1.35. The average molecular weight is 395 g/mol. The third-order valence-corrected chi connectivity index (χ3v) is 4.73. The summed E-state index contributed by atoms with van der Waals surface area (Å²) in [7, 11) is 0. The normalized spacial score (nSPS) is 10.3. The molecule has 0 saturated carbocycles. The number of benzene rings is 2. The fourth-order valence-corrected chi connectivity index (χ4v) is 3.23. The lowest BCUT2D eigenvalue weighted by Crippen LogP contribution is -2.31. The number of aromatic nitrogens is 2. The third kappa shape index (κ3) is 5.04. The number of amides is 1. The number of anilines is 1. The summed E-state index contributed by atoms with van der Waals surface area (Å²) >= 11 is 1.16. The molecule has 0 spiro atoms. The zero-order valence-electron chi connectivity index (χ0n) is 15.0. The summed E-state index contributed by atoms with van der Waals surface area (Å²) in [5, 5.41) is 11.8. The van der Waals surface area contributed by atoms with Crippen LogP contribution in [0.15, 0.2) is 70.8 Å². The number of hydrazine groups is 1. The minimum atomic E-state index is -0.567. The van der Waals surface area contributed by atoms with Gasteiger partial charge in [-0.1, -0.05) is 59.8 Å². The quantitative estimate of drug-likeness (QED) is 0.358. The van der Waals surface area contributed by atoms with Gasteiger partial charge in [0, 0.05) is 4.90 Å². The highest BCUT2D eigenvalue weighted by Crippen LogP contribution is 2.36. The van der Waals surface area contributed by atoms with E-state index in [1.807, 2.05) is 61.5 Å². The SMILES string of the molecule is Cc1ccc(Sc2ncnc(NNC(=O)Cc3ccccc3)c2[N+](=O)[O-])cc1. The maximum atomic E-state index is 12.1. The van der Waals surface area contributed by atoms with Crippen molar-refractivity contribution in [3.05, 3.63) is 82.2 Å². The van der Waals surface area contributed by atoms with Gasteiger partial charge in [0.05, 0.1) is 11.3 Å². The smallest absolute Gasteiger partial charge is 0.276 e. The van der Waals surface area contributed by atoms with E-state index in [-0.39, 0.29) is 28.9 Å². The van der Waals surface area contributed by atoms with Crippen molar-refractivity contribution < 1.29 is 9.72 Å². The molecule has 8 nitrogen and oxygen atoms in total. The van der Waals surface area contributed by atoms with Crippen LogP contribution in [0.1, 0.15) is 11.1 Å². The Morgan fingerprint density at radius 3 is 2.50 bits per heavy atom. The minimum absolute atomic E-state index is 0.0731. The van der Waals surface area contributed by atoms with Crippen LogP contribution in [0, 0.1) is 17.0 Å². The summed E-state index contributed by atoms with van der Waals surface area (Å²) in [4.78, 5) is 31.8. The van der Waals surface area contributed by atoms with E-state index in [0.29, 0.717) is 0 Å². The molecule has 0 radical (unpaired) electrons. The molecular formula is C19H17N5O3S. The van der Waals surface area contributed by atoms with Gasteiger partial charge in [-0.15, -0.1) is 0 Å². The van der Waals surface area contributed by atoms with E-state index in [9.17, 15) is 14.9 Å². The van der Waals surface area contributed by atoms with Gasteiger partial charge in [0.2, 0.25) is 11.7 Å². The molecule has 2 aromatic carbocycles. The first-order valence-corrected chi connectivity index (χ1v) is 9.17. The van der Waals surface area contributed by atoms with E-state index < -0.39 is 4.92 Å². The fourth-order valence-electron chi connectivity index (χ4n) is 2.37. The zero-order chi connectivity index (χ0) is 19.9. The van der Waals surface area contributed by atoms with Gasteiger partial charge in [-0.3, -0.25) is 25.8 Å². The van der Waals surface area contributed by atoms with Crippen LogP contribution in [0.25, 0.3) is 0 Å². The highest BCUT2D eigenvalue weighted by atomic mass is 32.2. The Morgan fingerprint density at radius 2 is 1.82 bits per heavy atom. The van der Waals surface area contributed by atoms with Crippen molar-refractivity contribution in [2.45, 2.75) is 23.3 Å². The van der Waals surface area contributed by atoms with Gasteiger partial charge in [0.15, 0.2) is 5.03 Å². The Balaban J connectivity index is 1.74. The van der Waals surface area contributed by atoms with Crippen LogP contribution < -0.4 is 10.9 Å². The molecule has 3 rings (SSSR count). The highest BCUT2D eigenvalue weighted by Gasteiger charge is 2.24. The third-order valence-electron chi connectivity index (χ3n) is 3.73. The monoisotopic (exact) mass is 395 g/mol. The Morgan fingerprint density at radius 1 is 1.11 bits per heavy atom. The van der Waals surface area contributed by atoms with Gasteiger partial charge in [-0.2, -0.15) is 0 Å². The summed E-state index contributed by atoms with van der Waals surface area (Å²) in [5.74, 6) is -0.414. The molecule has 0 saturated heterocycles. The van der Waals surface area contributed by atoms with Gasteiger partial charge < -0.3 is 0 Å². The number of nitro groups is 1. The molecule has 0 aliphatic rings. The van der Waals surface area contributed by atoms with E-state index in [0.717, 1.165) is 27.8 Å². The van der Waals surface area contributed by atoms with E-state index >= 15 is 0 Å². The van der Waals surface area contributed by atoms with Crippen molar-refractivity contribution in [1.82, 2.24) is 15.4 Å². The predicted molar refractivity (Wildman–Crippen MR) is 106 cm³/mol. The van der Waals surface area contributed by atoms with Crippen molar-refractivity contribution in [3.63, 3.8) is 0 Å². The van der Waals surface area contributed by atoms with Gasteiger partial charge in [-0.25, -0.2) is 9.97 Å². The topological polar surface area (TPSA) is 110 Å². The number of aryl methyl sites for hydroxylation is 1. The molecule has 142 valence electrons. The van der Waals surface area contributed by atoms with Crippen LogP contribution in [0.2, 0.25) is 0 Å². The van der Waals surface area contributed by atoms with E-state index in [1.165, 1.54) is 6.33 Å². The zero-order valence-corrected chi connectivity index (χ0v) is 15.8. The first-order chi connectivity index (χ1) is 13.5. The number of nitrogens with zero attached hydrogens (tertiary/aromatic N) is 3. The standard InChI is InChI=1S/C19H17N5O3S/c1-13-7-9-15(10-8-13)28-19-17(24(26)27)18(20-12-21-19)23-22-16(25)11-14-5-3-2-4-6-14/h2-10,12H,11H2,1H3,(H,22,25)(H,20,21,23). The van der Waals surface area contributed by atoms with Gasteiger partial charge in [-0.05, 0) is 24.6 Å². The van der Waals surface area contributed by atoms with E-state index in [1.54, 1.807) is 0 Å². The molecule has 0 atom stereocenters. The predicted octanol–water partition coefficient (Wildman–Crippen LogP) is 3.53. The largest absolute Gasteiger partial charge is 0.345 e. The van der Waals surface area contributed by atoms with Gasteiger partial charge >= 0.3 is 5.69 Å². The first-order valence-electron chi connectivity index (χ1n) is 8.35. The van der Waals surface area contributed by atoms with Crippen LogP contribution >= 0.6 is 11.8 Å². The fraction of sp³-hybridized carbons (Fsp3) is 0.105. The number of hydrogen-bond donors (Lipinski definition) is 2. The Labute approximate surface area is 165 Å². The van der Waals surface area contributed by atoms with Crippen molar-refractivity contribution in [2.24, 2.45) is 0 Å². The molecule has 0 fully saturated rings. The van der Waals surface area contributed by atoms with Crippen molar-refractivity contribution in [3.8, 4) is 0 Å². The second kappa shape index (κ2) is 8.96.